The van der Waals surface area contributed by atoms with E-state index in [4.69, 9.17) is 5.73 Å². The smallest absolute Gasteiger partial charge is 0.0948 e. The van der Waals surface area contributed by atoms with Crippen molar-refractivity contribution in [2.45, 2.75) is 52.1 Å². The second kappa shape index (κ2) is 7.06. The molecule has 0 saturated carbocycles. The summed E-state index contributed by atoms with van der Waals surface area (Å²) in [4.78, 5) is 6.83. The van der Waals surface area contributed by atoms with Crippen molar-refractivity contribution in [1.82, 2.24) is 14.5 Å². The molecule has 0 amide bonds. The fraction of sp³-hybridized carbons (Fsp3) is 0.800. The Morgan fingerprint density at radius 1 is 1.37 bits per heavy atom. The molecule has 1 unspecified atom stereocenters. The molecule has 4 nitrogen and oxygen atoms in total. The zero-order valence-corrected chi connectivity index (χ0v) is 12.4. The molecule has 0 aliphatic carbocycles. The highest BCUT2D eigenvalue weighted by Gasteiger charge is 2.26. The number of aromatic nitrogens is 2. The molecular weight excluding hydrogens is 236 g/mol. The lowest BCUT2D eigenvalue weighted by molar-refractivity contribution is 0.127. The first-order valence-corrected chi connectivity index (χ1v) is 7.74. The maximum Gasteiger partial charge on any atom is 0.0948 e. The Morgan fingerprint density at radius 2 is 2.11 bits per heavy atom. The Balaban J connectivity index is 2.00. The van der Waals surface area contributed by atoms with Gasteiger partial charge in [-0.05, 0) is 38.8 Å². The van der Waals surface area contributed by atoms with Gasteiger partial charge in [-0.1, -0.05) is 19.8 Å². The van der Waals surface area contributed by atoms with Gasteiger partial charge in [0.25, 0.3) is 0 Å². The molecule has 2 N–H and O–H groups in total. The fourth-order valence-electron chi connectivity index (χ4n) is 3.29. The second-order valence-electron chi connectivity index (χ2n) is 5.62. The molecule has 1 saturated heterocycles. The van der Waals surface area contributed by atoms with Crippen LogP contribution in [0.3, 0.4) is 0 Å². The van der Waals surface area contributed by atoms with Gasteiger partial charge in [-0.25, -0.2) is 4.98 Å². The van der Waals surface area contributed by atoms with Crippen LogP contribution in [0.25, 0.3) is 0 Å². The van der Waals surface area contributed by atoms with Crippen LogP contribution in [0.15, 0.2) is 12.5 Å². The first kappa shape index (κ1) is 14.5. The van der Waals surface area contributed by atoms with Gasteiger partial charge in [-0.2, -0.15) is 0 Å². The SMILES string of the molecule is CCCC1CCN(C(CN)c2cncn2CC)CC1. The van der Waals surface area contributed by atoms with Crippen LogP contribution in [-0.4, -0.2) is 34.1 Å². The van der Waals surface area contributed by atoms with Crippen LogP contribution < -0.4 is 5.73 Å². The summed E-state index contributed by atoms with van der Waals surface area (Å²) < 4.78 is 2.22. The van der Waals surface area contributed by atoms with Gasteiger partial charge < -0.3 is 10.3 Å². The lowest BCUT2D eigenvalue weighted by atomic mass is 9.91. The van der Waals surface area contributed by atoms with Crippen LogP contribution in [0, 0.1) is 5.92 Å². The van der Waals surface area contributed by atoms with Gasteiger partial charge in [0.1, 0.15) is 0 Å². The summed E-state index contributed by atoms with van der Waals surface area (Å²) in [5, 5.41) is 0. The first-order valence-electron chi connectivity index (χ1n) is 7.74. The van der Waals surface area contributed by atoms with Gasteiger partial charge >= 0.3 is 0 Å². The van der Waals surface area contributed by atoms with Crippen molar-refractivity contribution >= 4 is 0 Å². The minimum Gasteiger partial charge on any atom is -0.333 e. The molecule has 1 atom stereocenters. The monoisotopic (exact) mass is 264 g/mol. The summed E-state index contributed by atoms with van der Waals surface area (Å²) in [7, 11) is 0. The minimum atomic E-state index is 0.338. The summed E-state index contributed by atoms with van der Waals surface area (Å²) in [6.45, 7) is 8.46. The van der Waals surface area contributed by atoms with Crippen molar-refractivity contribution in [2.24, 2.45) is 11.7 Å². The molecule has 4 heteroatoms. The molecule has 2 heterocycles. The number of nitrogens with zero attached hydrogens (tertiary/aromatic N) is 3. The standard InChI is InChI=1S/C15H28N4/c1-3-5-13-6-8-19(9-7-13)14(10-16)15-11-17-12-18(15)4-2/h11-14H,3-10,16H2,1-2H3. The maximum atomic E-state index is 6.03. The Morgan fingerprint density at radius 3 is 2.68 bits per heavy atom. The first-order chi connectivity index (χ1) is 9.30. The van der Waals surface area contributed by atoms with Crippen LogP contribution in [0.4, 0.5) is 0 Å². The molecule has 0 bridgehead atoms. The summed E-state index contributed by atoms with van der Waals surface area (Å²) in [6.07, 6.45) is 9.25. The average molecular weight is 264 g/mol. The molecule has 2 rings (SSSR count). The van der Waals surface area contributed by atoms with Crippen molar-refractivity contribution in [3.63, 3.8) is 0 Å². The predicted molar refractivity (Wildman–Crippen MR) is 78.9 cm³/mol. The van der Waals surface area contributed by atoms with E-state index in [0.29, 0.717) is 12.6 Å². The Labute approximate surface area is 117 Å². The molecule has 108 valence electrons. The van der Waals surface area contributed by atoms with Gasteiger partial charge in [-0.15, -0.1) is 0 Å². The minimum absolute atomic E-state index is 0.338. The van der Waals surface area contributed by atoms with Crippen molar-refractivity contribution in [3.8, 4) is 0 Å². The highest BCUT2D eigenvalue weighted by atomic mass is 15.2. The van der Waals surface area contributed by atoms with E-state index in [2.05, 4.69) is 28.3 Å². The van der Waals surface area contributed by atoms with Crippen molar-refractivity contribution < 1.29 is 0 Å². The van der Waals surface area contributed by atoms with Gasteiger partial charge in [0.2, 0.25) is 0 Å². The third-order valence-corrected chi connectivity index (χ3v) is 4.44. The van der Waals surface area contributed by atoms with Crippen molar-refractivity contribution in [3.05, 3.63) is 18.2 Å². The highest BCUT2D eigenvalue weighted by molar-refractivity contribution is 5.07. The lowest BCUT2D eigenvalue weighted by Gasteiger charge is -2.37. The molecule has 1 aliphatic heterocycles. The largest absolute Gasteiger partial charge is 0.333 e. The number of nitrogens with two attached hydrogens (primary N) is 1. The van der Waals surface area contributed by atoms with Gasteiger partial charge in [0, 0.05) is 19.3 Å². The number of likely N-dealkylation sites (tertiary alicyclic amines) is 1. The Bertz CT molecular complexity index is 366. The van der Waals surface area contributed by atoms with Gasteiger partial charge in [-0.3, -0.25) is 4.90 Å². The highest BCUT2D eigenvalue weighted by Crippen LogP contribution is 2.28. The third-order valence-electron chi connectivity index (χ3n) is 4.44. The van der Waals surface area contributed by atoms with Gasteiger partial charge in [0.15, 0.2) is 0 Å². The van der Waals surface area contributed by atoms with E-state index in [1.165, 1.54) is 44.5 Å². The molecule has 0 aromatic carbocycles. The number of hydrogen-bond donors (Lipinski definition) is 1. The fourth-order valence-corrected chi connectivity index (χ4v) is 3.29. The third kappa shape index (κ3) is 3.37. The lowest BCUT2D eigenvalue weighted by Crippen LogP contribution is -2.40. The zero-order chi connectivity index (χ0) is 13.7. The molecule has 1 fully saturated rings. The van der Waals surface area contributed by atoms with E-state index in [9.17, 15) is 0 Å². The Hall–Kier alpha value is -0.870. The van der Waals surface area contributed by atoms with Gasteiger partial charge in [0.05, 0.1) is 18.1 Å². The second-order valence-corrected chi connectivity index (χ2v) is 5.62. The van der Waals surface area contributed by atoms with Crippen molar-refractivity contribution in [1.29, 1.82) is 0 Å². The number of rotatable bonds is 6. The zero-order valence-electron chi connectivity index (χ0n) is 12.4. The van der Waals surface area contributed by atoms with E-state index in [1.807, 2.05) is 12.5 Å². The quantitative estimate of drug-likeness (QED) is 0.858. The van der Waals surface area contributed by atoms with E-state index in [-0.39, 0.29) is 0 Å². The summed E-state index contributed by atoms with van der Waals surface area (Å²) in [5.74, 6) is 0.927. The van der Waals surface area contributed by atoms with E-state index < -0.39 is 0 Å². The van der Waals surface area contributed by atoms with Crippen LogP contribution >= 0.6 is 0 Å². The maximum absolute atomic E-state index is 6.03. The average Bonchev–Trinajstić information content (AvgIpc) is 2.90. The summed E-state index contributed by atoms with van der Waals surface area (Å²) >= 11 is 0. The van der Waals surface area contributed by atoms with E-state index in [1.54, 1.807) is 0 Å². The molecule has 0 spiro atoms. The van der Waals surface area contributed by atoms with Crippen LogP contribution in [-0.2, 0) is 6.54 Å². The molecular formula is C15H28N4. The van der Waals surface area contributed by atoms with Crippen molar-refractivity contribution in [2.75, 3.05) is 19.6 Å². The number of piperidine rings is 1. The van der Waals surface area contributed by atoms with Crippen LogP contribution in [0.5, 0.6) is 0 Å². The number of imidazole rings is 1. The van der Waals surface area contributed by atoms with E-state index >= 15 is 0 Å². The normalized spacial score (nSPS) is 19.7. The van der Waals surface area contributed by atoms with Crippen LogP contribution in [0.2, 0.25) is 0 Å². The molecule has 0 radical (unpaired) electrons. The predicted octanol–water partition coefficient (Wildman–Crippen LogP) is 2.41. The molecule has 1 aromatic rings. The molecule has 19 heavy (non-hydrogen) atoms. The summed E-state index contributed by atoms with van der Waals surface area (Å²) in [5.41, 5.74) is 7.31. The molecule has 1 aromatic heterocycles. The Kier molecular flexibility index (Phi) is 5.40. The molecule has 1 aliphatic rings. The topological polar surface area (TPSA) is 47.1 Å². The van der Waals surface area contributed by atoms with Crippen LogP contribution in [0.1, 0.15) is 51.3 Å². The number of aryl methyl sites for hydroxylation is 1. The summed E-state index contributed by atoms with van der Waals surface area (Å²) in [6, 6.07) is 0.338. The number of hydrogen-bond acceptors (Lipinski definition) is 3. The van der Waals surface area contributed by atoms with E-state index in [0.717, 1.165) is 12.5 Å².